The number of carbonyl (C=O) groups excluding carboxylic acids is 4. The first-order chi connectivity index (χ1) is 13.9. The number of hydrogen-bond donors (Lipinski definition) is 3. The maximum Gasteiger partial charge on any atom is 0.328 e. The second-order valence-electron chi connectivity index (χ2n) is 9.06. The van der Waals surface area contributed by atoms with Crippen molar-refractivity contribution in [3.63, 3.8) is 0 Å². The van der Waals surface area contributed by atoms with E-state index >= 15 is 0 Å². The average molecular weight is 425 g/mol. The Balaban J connectivity index is 3.08. The van der Waals surface area contributed by atoms with Crippen molar-refractivity contribution in [2.24, 2.45) is 11.3 Å². The summed E-state index contributed by atoms with van der Waals surface area (Å²) in [5.74, 6) is -1.42. The third kappa shape index (κ3) is 7.35. The number of carbonyl (C=O) groups is 4. The van der Waals surface area contributed by atoms with E-state index in [1.54, 1.807) is 19.9 Å². The lowest BCUT2D eigenvalue weighted by Crippen LogP contribution is -2.59. The lowest BCUT2D eigenvalue weighted by atomic mass is 9.91. The summed E-state index contributed by atoms with van der Waals surface area (Å²) in [4.78, 5) is 51.8. The molecule has 30 heavy (non-hydrogen) atoms. The normalized spacial score (nSPS) is 19.8. The Morgan fingerprint density at radius 2 is 1.87 bits per heavy atom. The number of likely N-dealkylation sites (tertiary alicyclic amines) is 1. The Labute approximate surface area is 179 Å². The van der Waals surface area contributed by atoms with Crippen LogP contribution in [0, 0.1) is 11.3 Å². The zero-order chi connectivity index (χ0) is 23.1. The number of urea groups is 1. The van der Waals surface area contributed by atoms with Gasteiger partial charge in [-0.2, -0.15) is 0 Å². The average Bonchev–Trinajstić information content (AvgIpc) is 3.05. The van der Waals surface area contributed by atoms with Crippen LogP contribution in [0.15, 0.2) is 12.7 Å². The molecule has 9 heteroatoms. The SMILES string of the molecule is C=CCNC(=O)N[C@H]1CCN(C(=O)CC(C)(C)C)[C@@H]1C(=O)N[C@@H](C(=O)OC)C(C)C. The Bertz CT molecular complexity index is 656. The van der Waals surface area contributed by atoms with Crippen LogP contribution in [-0.2, 0) is 19.1 Å². The molecule has 1 aliphatic rings. The zero-order valence-corrected chi connectivity index (χ0v) is 18.9. The van der Waals surface area contributed by atoms with Gasteiger partial charge in [0, 0.05) is 19.5 Å². The summed E-state index contributed by atoms with van der Waals surface area (Å²) in [5, 5.41) is 8.09. The molecule has 0 aromatic rings. The molecule has 1 fully saturated rings. The number of nitrogens with zero attached hydrogens (tertiary/aromatic N) is 1. The second kappa shape index (κ2) is 11.0. The van der Waals surface area contributed by atoms with Crippen molar-refractivity contribution >= 4 is 23.8 Å². The van der Waals surface area contributed by atoms with E-state index in [4.69, 9.17) is 4.74 Å². The maximum absolute atomic E-state index is 13.2. The molecule has 1 rings (SSSR count). The van der Waals surface area contributed by atoms with Crippen LogP contribution in [-0.4, -0.2) is 67.0 Å². The molecule has 3 N–H and O–H groups in total. The highest BCUT2D eigenvalue weighted by Gasteiger charge is 2.44. The Hall–Kier alpha value is -2.58. The third-order valence-electron chi connectivity index (χ3n) is 4.81. The van der Waals surface area contributed by atoms with Gasteiger partial charge in [-0.15, -0.1) is 6.58 Å². The van der Waals surface area contributed by atoms with Crippen molar-refractivity contribution in [3.05, 3.63) is 12.7 Å². The number of nitrogens with one attached hydrogen (secondary N) is 3. The van der Waals surface area contributed by atoms with Crippen LogP contribution < -0.4 is 16.0 Å². The second-order valence-corrected chi connectivity index (χ2v) is 9.06. The van der Waals surface area contributed by atoms with Crippen molar-refractivity contribution in [2.45, 2.75) is 65.6 Å². The van der Waals surface area contributed by atoms with E-state index in [0.717, 1.165) is 0 Å². The fraction of sp³-hybridized carbons (Fsp3) is 0.714. The van der Waals surface area contributed by atoms with Crippen molar-refractivity contribution in [3.8, 4) is 0 Å². The summed E-state index contributed by atoms with van der Waals surface area (Å²) in [6.07, 6.45) is 2.23. The molecule has 3 atom stereocenters. The van der Waals surface area contributed by atoms with E-state index in [0.29, 0.717) is 13.0 Å². The third-order valence-corrected chi connectivity index (χ3v) is 4.81. The quantitative estimate of drug-likeness (QED) is 0.400. The summed E-state index contributed by atoms with van der Waals surface area (Å²) in [6, 6.07) is -2.79. The first-order valence-electron chi connectivity index (χ1n) is 10.2. The van der Waals surface area contributed by atoms with Crippen LogP contribution in [0.3, 0.4) is 0 Å². The van der Waals surface area contributed by atoms with Gasteiger partial charge in [0.15, 0.2) is 0 Å². The summed E-state index contributed by atoms with van der Waals surface area (Å²) in [7, 11) is 1.26. The number of methoxy groups -OCH3 is 1. The van der Waals surface area contributed by atoms with Gasteiger partial charge in [-0.1, -0.05) is 40.7 Å². The van der Waals surface area contributed by atoms with Crippen LogP contribution in [0.2, 0.25) is 0 Å². The summed E-state index contributed by atoms with van der Waals surface area (Å²) in [6.45, 7) is 13.6. The minimum atomic E-state index is -0.916. The lowest BCUT2D eigenvalue weighted by molar-refractivity contribution is -0.147. The predicted molar refractivity (Wildman–Crippen MR) is 113 cm³/mol. The largest absolute Gasteiger partial charge is 0.467 e. The van der Waals surface area contributed by atoms with E-state index in [-0.39, 0.29) is 30.2 Å². The number of rotatable bonds is 8. The smallest absolute Gasteiger partial charge is 0.328 e. The van der Waals surface area contributed by atoms with Gasteiger partial charge in [-0.25, -0.2) is 9.59 Å². The highest BCUT2D eigenvalue weighted by Crippen LogP contribution is 2.25. The molecule has 0 radical (unpaired) electrons. The monoisotopic (exact) mass is 424 g/mol. The molecule has 9 nitrogen and oxygen atoms in total. The highest BCUT2D eigenvalue weighted by molar-refractivity contribution is 5.92. The fourth-order valence-corrected chi connectivity index (χ4v) is 3.35. The van der Waals surface area contributed by atoms with Gasteiger partial charge < -0.3 is 25.6 Å². The Morgan fingerprint density at radius 3 is 2.37 bits per heavy atom. The molecule has 1 aliphatic heterocycles. The number of amides is 4. The summed E-state index contributed by atoms with van der Waals surface area (Å²) < 4.78 is 4.79. The summed E-state index contributed by atoms with van der Waals surface area (Å²) in [5.41, 5.74) is -0.253. The van der Waals surface area contributed by atoms with E-state index in [2.05, 4.69) is 22.5 Å². The Kier molecular flexibility index (Phi) is 9.32. The predicted octanol–water partition coefficient (Wildman–Crippen LogP) is 1.19. The van der Waals surface area contributed by atoms with E-state index in [1.165, 1.54) is 12.0 Å². The van der Waals surface area contributed by atoms with Crippen LogP contribution in [0.4, 0.5) is 4.79 Å². The standard InChI is InChI=1S/C21H36N4O5/c1-8-10-22-20(29)23-14-9-11-25(15(26)12-21(4,5)6)17(14)18(27)24-16(13(2)3)19(28)30-7/h8,13-14,16-17H,1,9-12H2,2-7H3,(H,24,27)(H2,22,23,29)/t14-,16+,17-/m0/s1. The van der Waals surface area contributed by atoms with Gasteiger partial charge in [0.2, 0.25) is 11.8 Å². The molecule has 170 valence electrons. The maximum atomic E-state index is 13.2. The molecule has 0 aromatic carbocycles. The first kappa shape index (κ1) is 25.5. The van der Waals surface area contributed by atoms with E-state index in [1.807, 2.05) is 20.8 Å². The topological polar surface area (TPSA) is 117 Å². The van der Waals surface area contributed by atoms with Crippen LogP contribution in [0.1, 0.15) is 47.5 Å². The molecule has 0 spiro atoms. The van der Waals surface area contributed by atoms with Crippen molar-refractivity contribution in [2.75, 3.05) is 20.2 Å². The molecule has 0 aromatic heterocycles. The van der Waals surface area contributed by atoms with Crippen molar-refractivity contribution in [1.82, 2.24) is 20.9 Å². The molecular weight excluding hydrogens is 388 g/mol. The van der Waals surface area contributed by atoms with Gasteiger partial charge >= 0.3 is 12.0 Å². The number of hydrogen-bond acceptors (Lipinski definition) is 5. The lowest BCUT2D eigenvalue weighted by Gasteiger charge is -2.31. The van der Waals surface area contributed by atoms with E-state index in [9.17, 15) is 19.2 Å². The minimum Gasteiger partial charge on any atom is -0.467 e. The van der Waals surface area contributed by atoms with Crippen molar-refractivity contribution < 1.29 is 23.9 Å². The highest BCUT2D eigenvalue weighted by atomic mass is 16.5. The van der Waals surface area contributed by atoms with Gasteiger partial charge in [0.05, 0.1) is 13.2 Å². The number of ether oxygens (including phenoxy) is 1. The summed E-state index contributed by atoms with van der Waals surface area (Å²) >= 11 is 0. The molecule has 4 amide bonds. The van der Waals surface area contributed by atoms with Gasteiger partial charge in [-0.05, 0) is 17.8 Å². The van der Waals surface area contributed by atoms with Crippen molar-refractivity contribution in [1.29, 1.82) is 0 Å². The van der Waals surface area contributed by atoms with E-state index < -0.39 is 36.0 Å². The molecular formula is C21H36N4O5. The fourth-order valence-electron chi connectivity index (χ4n) is 3.35. The minimum absolute atomic E-state index is 0.169. The Morgan fingerprint density at radius 1 is 1.23 bits per heavy atom. The first-order valence-corrected chi connectivity index (χ1v) is 10.2. The van der Waals surface area contributed by atoms with Crippen LogP contribution >= 0.6 is 0 Å². The molecule has 0 aliphatic carbocycles. The number of esters is 1. The van der Waals surface area contributed by atoms with Gasteiger partial charge in [0.1, 0.15) is 12.1 Å². The molecule has 1 saturated heterocycles. The molecule has 0 saturated carbocycles. The zero-order valence-electron chi connectivity index (χ0n) is 18.9. The molecule has 0 bridgehead atoms. The molecule has 0 unspecified atom stereocenters. The van der Waals surface area contributed by atoms with Gasteiger partial charge in [0.25, 0.3) is 0 Å². The van der Waals surface area contributed by atoms with Gasteiger partial charge in [-0.3, -0.25) is 9.59 Å². The van der Waals surface area contributed by atoms with Crippen LogP contribution in [0.25, 0.3) is 0 Å². The molecule has 1 heterocycles. The van der Waals surface area contributed by atoms with Crippen LogP contribution in [0.5, 0.6) is 0 Å².